The van der Waals surface area contributed by atoms with Gasteiger partial charge in [-0.3, -0.25) is 4.79 Å². The topological polar surface area (TPSA) is 105 Å². The summed E-state index contributed by atoms with van der Waals surface area (Å²) in [4.78, 5) is 28.6. The van der Waals surface area contributed by atoms with Crippen molar-refractivity contribution in [2.24, 2.45) is 0 Å². The van der Waals surface area contributed by atoms with Gasteiger partial charge in [-0.05, 0) is 32.0 Å². The van der Waals surface area contributed by atoms with Gasteiger partial charge < -0.3 is 19.5 Å². The number of rotatable bonds is 7. The Balaban J connectivity index is 1.59. The first-order valence-electron chi connectivity index (χ1n) is 9.09. The van der Waals surface area contributed by atoms with Gasteiger partial charge in [-0.25, -0.2) is 14.5 Å². The number of pyridine rings is 1. The number of nitrogens with one attached hydrogen (secondary N) is 1. The molecule has 0 saturated heterocycles. The summed E-state index contributed by atoms with van der Waals surface area (Å²) >= 11 is 0. The summed E-state index contributed by atoms with van der Waals surface area (Å²) in [6.07, 6.45) is 1.39. The smallest absolute Gasteiger partial charge is 0.340 e. The first kappa shape index (κ1) is 20.8. The molecule has 156 valence electrons. The van der Waals surface area contributed by atoms with Crippen molar-refractivity contribution < 1.29 is 23.8 Å². The van der Waals surface area contributed by atoms with E-state index in [2.05, 4.69) is 15.4 Å². The van der Waals surface area contributed by atoms with E-state index in [4.69, 9.17) is 14.2 Å². The molecule has 0 spiro atoms. The van der Waals surface area contributed by atoms with Gasteiger partial charge in [0.05, 0.1) is 25.5 Å². The van der Waals surface area contributed by atoms with E-state index in [-0.39, 0.29) is 5.56 Å². The quantitative estimate of drug-likeness (QED) is 0.597. The number of anilines is 1. The molecular formula is C21H22N4O5. The lowest BCUT2D eigenvalue weighted by Gasteiger charge is -2.10. The van der Waals surface area contributed by atoms with Crippen molar-refractivity contribution >= 4 is 17.6 Å². The minimum atomic E-state index is -0.652. The second-order valence-corrected chi connectivity index (χ2v) is 6.47. The summed E-state index contributed by atoms with van der Waals surface area (Å²) < 4.78 is 17.1. The minimum Gasteiger partial charge on any atom is -0.497 e. The summed E-state index contributed by atoms with van der Waals surface area (Å²) in [5.74, 6) is 0.486. The second kappa shape index (κ2) is 9.08. The van der Waals surface area contributed by atoms with Crippen molar-refractivity contribution in [3.8, 4) is 17.3 Å². The Bertz CT molecular complexity index is 1040. The molecule has 0 radical (unpaired) electrons. The maximum atomic E-state index is 12.2. The van der Waals surface area contributed by atoms with Crippen LogP contribution in [0.15, 0.2) is 42.6 Å². The van der Waals surface area contributed by atoms with Crippen molar-refractivity contribution in [1.82, 2.24) is 14.8 Å². The fraction of sp³-hybridized carbons (Fsp3) is 0.238. The maximum absolute atomic E-state index is 12.2. The van der Waals surface area contributed by atoms with Crippen LogP contribution in [0.5, 0.6) is 11.5 Å². The predicted molar refractivity (Wildman–Crippen MR) is 109 cm³/mol. The van der Waals surface area contributed by atoms with Gasteiger partial charge in [0.25, 0.3) is 5.91 Å². The molecule has 9 nitrogen and oxygen atoms in total. The van der Waals surface area contributed by atoms with E-state index in [1.807, 2.05) is 19.9 Å². The molecule has 1 amide bonds. The molecule has 2 aromatic heterocycles. The fourth-order valence-electron chi connectivity index (χ4n) is 2.78. The van der Waals surface area contributed by atoms with Gasteiger partial charge in [0.1, 0.15) is 11.5 Å². The van der Waals surface area contributed by atoms with Crippen molar-refractivity contribution in [2.75, 3.05) is 26.1 Å². The Morgan fingerprint density at radius 1 is 1.03 bits per heavy atom. The zero-order valence-electron chi connectivity index (χ0n) is 17.1. The number of aromatic nitrogens is 3. The van der Waals surface area contributed by atoms with Gasteiger partial charge in [0, 0.05) is 35.8 Å². The van der Waals surface area contributed by atoms with E-state index >= 15 is 0 Å². The molecule has 0 aliphatic rings. The van der Waals surface area contributed by atoms with Crippen LogP contribution < -0.4 is 14.8 Å². The molecule has 1 aromatic carbocycles. The normalized spacial score (nSPS) is 10.4. The summed E-state index contributed by atoms with van der Waals surface area (Å²) in [5.41, 5.74) is 2.50. The zero-order chi connectivity index (χ0) is 21.7. The molecule has 1 N–H and O–H groups in total. The van der Waals surface area contributed by atoms with Gasteiger partial charge in [-0.2, -0.15) is 5.10 Å². The summed E-state index contributed by atoms with van der Waals surface area (Å²) in [7, 11) is 3.02. The fourth-order valence-corrected chi connectivity index (χ4v) is 2.78. The van der Waals surface area contributed by atoms with Gasteiger partial charge in [0.15, 0.2) is 12.4 Å². The Kier molecular flexibility index (Phi) is 6.31. The van der Waals surface area contributed by atoms with Crippen molar-refractivity contribution in [2.45, 2.75) is 13.8 Å². The highest BCUT2D eigenvalue weighted by Gasteiger charge is 2.13. The van der Waals surface area contributed by atoms with Crippen LogP contribution in [0.1, 0.15) is 21.7 Å². The summed E-state index contributed by atoms with van der Waals surface area (Å²) in [6.45, 7) is 3.36. The predicted octanol–water partition coefficient (Wildman–Crippen LogP) is 2.70. The number of hydrogen-bond acceptors (Lipinski definition) is 7. The average molecular weight is 410 g/mol. The van der Waals surface area contributed by atoms with Gasteiger partial charge in [-0.1, -0.05) is 0 Å². The number of amides is 1. The third-order valence-electron chi connectivity index (χ3n) is 4.18. The van der Waals surface area contributed by atoms with Crippen LogP contribution in [0, 0.1) is 13.8 Å². The number of hydrogen-bond donors (Lipinski definition) is 1. The third-order valence-corrected chi connectivity index (χ3v) is 4.18. The molecule has 0 fully saturated rings. The molecule has 9 heteroatoms. The standard InChI is InChI=1S/C21H22N4O5/c1-13-7-14(2)25(24-13)19-6-5-15(11-22-19)21(27)30-12-20(26)23-16-8-17(28-3)10-18(9-16)29-4/h5-11H,12H2,1-4H3,(H,23,26). The summed E-state index contributed by atoms with van der Waals surface area (Å²) in [6, 6.07) is 10.1. The lowest BCUT2D eigenvalue weighted by atomic mass is 10.2. The SMILES string of the molecule is COc1cc(NC(=O)COC(=O)c2ccc(-n3nc(C)cc3C)nc2)cc(OC)c1. The number of aryl methyl sites for hydroxylation is 2. The second-order valence-electron chi connectivity index (χ2n) is 6.47. The Hall–Kier alpha value is -3.88. The largest absolute Gasteiger partial charge is 0.497 e. The third kappa shape index (κ3) is 4.93. The van der Waals surface area contributed by atoms with Crippen LogP contribution in [-0.2, 0) is 9.53 Å². The molecule has 3 rings (SSSR count). The van der Waals surface area contributed by atoms with E-state index < -0.39 is 18.5 Å². The summed E-state index contributed by atoms with van der Waals surface area (Å²) in [5, 5.41) is 6.98. The number of carbonyl (C=O) groups is 2. The maximum Gasteiger partial charge on any atom is 0.340 e. The van der Waals surface area contributed by atoms with Crippen molar-refractivity contribution in [1.29, 1.82) is 0 Å². The molecule has 0 aliphatic carbocycles. The van der Waals surface area contributed by atoms with Crippen LogP contribution in [0.25, 0.3) is 5.82 Å². The number of benzene rings is 1. The molecule has 2 heterocycles. The van der Waals surface area contributed by atoms with E-state index in [1.54, 1.807) is 35.0 Å². The molecule has 0 unspecified atom stereocenters. The van der Waals surface area contributed by atoms with E-state index in [1.165, 1.54) is 20.4 Å². The minimum absolute atomic E-state index is 0.233. The number of methoxy groups -OCH3 is 2. The van der Waals surface area contributed by atoms with Gasteiger partial charge in [-0.15, -0.1) is 0 Å². The Labute approximate surface area is 173 Å². The highest BCUT2D eigenvalue weighted by Crippen LogP contribution is 2.25. The lowest BCUT2D eigenvalue weighted by Crippen LogP contribution is -2.21. The molecule has 30 heavy (non-hydrogen) atoms. The van der Waals surface area contributed by atoms with E-state index in [9.17, 15) is 9.59 Å². The van der Waals surface area contributed by atoms with Gasteiger partial charge >= 0.3 is 5.97 Å². The first-order valence-corrected chi connectivity index (χ1v) is 9.09. The van der Waals surface area contributed by atoms with Crippen LogP contribution in [0.2, 0.25) is 0 Å². The van der Waals surface area contributed by atoms with Crippen molar-refractivity contribution in [3.05, 3.63) is 59.5 Å². The molecular weight excluding hydrogens is 388 g/mol. The Morgan fingerprint density at radius 2 is 1.73 bits per heavy atom. The highest BCUT2D eigenvalue weighted by molar-refractivity contribution is 5.95. The number of nitrogens with zero attached hydrogens (tertiary/aromatic N) is 3. The van der Waals surface area contributed by atoms with Crippen LogP contribution in [0.3, 0.4) is 0 Å². The lowest BCUT2D eigenvalue weighted by molar-refractivity contribution is -0.119. The molecule has 0 atom stereocenters. The number of ether oxygens (including phenoxy) is 3. The molecule has 0 saturated carbocycles. The van der Waals surface area contributed by atoms with E-state index in [0.717, 1.165) is 11.4 Å². The highest BCUT2D eigenvalue weighted by atomic mass is 16.5. The van der Waals surface area contributed by atoms with Crippen LogP contribution in [0.4, 0.5) is 5.69 Å². The molecule has 3 aromatic rings. The number of esters is 1. The average Bonchev–Trinajstić information content (AvgIpc) is 3.09. The first-order chi connectivity index (χ1) is 14.4. The van der Waals surface area contributed by atoms with Crippen LogP contribution >= 0.6 is 0 Å². The van der Waals surface area contributed by atoms with Crippen LogP contribution in [-0.4, -0.2) is 47.5 Å². The number of carbonyl (C=O) groups excluding carboxylic acids is 2. The monoisotopic (exact) mass is 410 g/mol. The van der Waals surface area contributed by atoms with Crippen molar-refractivity contribution in [3.63, 3.8) is 0 Å². The zero-order valence-corrected chi connectivity index (χ0v) is 17.1. The Morgan fingerprint density at radius 3 is 2.27 bits per heavy atom. The molecule has 0 aliphatic heterocycles. The molecule has 0 bridgehead atoms. The van der Waals surface area contributed by atoms with Gasteiger partial charge in [0.2, 0.25) is 0 Å². The van der Waals surface area contributed by atoms with E-state index in [0.29, 0.717) is 23.0 Å².